The molecule has 5 nitrogen and oxygen atoms in total. The van der Waals surface area contributed by atoms with Crippen LogP contribution in [0.5, 0.6) is 17.2 Å². The molecule has 0 saturated heterocycles. The number of thiazole rings is 1. The molecule has 0 N–H and O–H groups in total. The number of ether oxygens (including phenoxy) is 3. The zero-order valence-corrected chi connectivity index (χ0v) is 18.3. The standard InChI is InChI=1S/C23H28N2O3S/c1-5-25(13-18-8-11-21(26-3)22(12-18)27-4)14-19-16-29-23(24-19)15-28-20-9-6-17(2)7-10-20/h6-12,16H,5,13-15H2,1-4H3. The first-order chi connectivity index (χ1) is 14.1. The number of nitrogens with zero attached hydrogens (tertiary/aromatic N) is 2. The van der Waals surface area contributed by atoms with Gasteiger partial charge < -0.3 is 14.2 Å². The van der Waals surface area contributed by atoms with Gasteiger partial charge in [-0.1, -0.05) is 30.7 Å². The minimum atomic E-state index is 0.496. The van der Waals surface area contributed by atoms with Crippen LogP contribution >= 0.6 is 11.3 Å². The molecule has 154 valence electrons. The zero-order chi connectivity index (χ0) is 20.6. The molecule has 6 heteroatoms. The Morgan fingerprint density at radius 2 is 1.72 bits per heavy atom. The maximum Gasteiger partial charge on any atom is 0.161 e. The van der Waals surface area contributed by atoms with Crippen molar-refractivity contribution in [3.63, 3.8) is 0 Å². The lowest BCUT2D eigenvalue weighted by Gasteiger charge is -2.20. The molecule has 3 rings (SSSR count). The quantitative estimate of drug-likeness (QED) is 0.465. The molecule has 0 aliphatic rings. The molecule has 3 aromatic rings. The van der Waals surface area contributed by atoms with Gasteiger partial charge in [0, 0.05) is 18.5 Å². The van der Waals surface area contributed by atoms with Gasteiger partial charge in [0.05, 0.1) is 19.9 Å². The molecule has 0 bridgehead atoms. The Kier molecular flexibility index (Phi) is 7.49. The highest BCUT2D eigenvalue weighted by atomic mass is 32.1. The van der Waals surface area contributed by atoms with E-state index in [-0.39, 0.29) is 0 Å². The van der Waals surface area contributed by atoms with Gasteiger partial charge in [0.15, 0.2) is 11.5 Å². The molecule has 1 heterocycles. The van der Waals surface area contributed by atoms with Crippen molar-refractivity contribution < 1.29 is 14.2 Å². The topological polar surface area (TPSA) is 43.8 Å². The normalized spacial score (nSPS) is 10.9. The van der Waals surface area contributed by atoms with Crippen molar-refractivity contribution in [3.05, 3.63) is 69.7 Å². The summed E-state index contributed by atoms with van der Waals surface area (Å²) < 4.78 is 16.6. The van der Waals surface area contributed by atoms with Crippen molar-refractivity contribution >= 4 is 11.3 Å². The summed E-state index contributed by atoms with van der Waals surface area (Å²) in [4.78, 5) is 7.09. The first-order valence-corrected chi connectivity index (χ1v) is 10.5. The molecule has 0 spiro atoms. The number of aromatic nitrogens is 1. The van der Waals surface area contributed by atoms with E-state index in [1.165, 1.54) is 11.1 Å². The molecular formula is C23H28N2O3S. The third kappa shape index (κ3) is 5.95. The van der Waals surface area contributed by atoms with E-state index < -0.39 is 0 Å². The van der Waals surface area contributed by atoms with Crippen molar-refractivity contribution in [2.45, 2.75) is 33.5 Å². The number of rotatable bonds is 10. The smallest absolute Gasteiger partial charge is 0.161 e. The molecule has 0 aliphatic heterocycles. The maximum atomic E-state index is 5.84. The lowest BCUT2D eigenvalue weighted by molar-refractivity contribution is 0.266. The van der Waals surface area contributed by atoms with Crippen LogP contribution in [0.4, 0.5) is 0 Å². The Morgan fingerprint density at radius 3 is 2.41 bits per heavy atom. The van der Waals surface area contributed by atoms with Crippen LogP contribution in [0.3, 0.4) is 0 Å². The third-order valence-electron chi connectivity index (χ3n) is 4.67. The Morgan fingerprint density at radius 1 is 0.966 bits per heavy atom. The number of benzene rings is 2. The summed E-state index contributed by atoms with van der Waals surface area (Å²) in [6.45, 7) is 7.28. The molecule has 0 unspecified atom stereocenters. The van der Waals surface area contributed by atoms with Crippen LogP contribution in [0.2, 0.25) is 0 Å². The molecule has 0 fully saturated rings. The maximum absolute atomic E-state index is 5.84. The van der Waals surface area contributed by atoms with Gasteiger partial charge in [0.25, 0.3) is 0 Å². The van der Waals surface area contributed by atoms with Crippen LogP contribution in [0.1, 0.15) is 28.8 Å². The SMILES string of the molecule is CCN(Cc1ccc(OC)c(OC)c1)Cc1csc(COc2ccc(C)cc2)n1. The summed E-state index contributed by atoms with van der Waals surface area (Å²) in [6.07, 6.45) is 0. The Bertz CT molecular complexity index is 909. The van der Waals surface area contributed by atoms with Gasteiger partial charge in [-0.2, -0.15) is 0 Å². The summed E-state index contributed by atoms with van der Waals surface area (Å²) in [5.74, 6) is 2.37. The van der Waals surface area contributed by atoms with Gasteiger partial charge in [0.2, 0.25) is 0 Å². The van der Waals surface area contributed by atoms with Crippen molar-refractivity contribution in [3.8, 4) is 17.2 Å². The lowest BCUT2D eigenvalue weighted by atomic mass is 10.2. The van der Waals surface area contributed by atoms with Crippen molar-refractivity contribution in [1.82, 2.24) is 9.88 Å². The van der Waals surface area contributed by atoms with Gasteiger partial charge in [-0.15, -0.1) is 11.3 Å². The second kappa shape index (κ2) is 10.3. The van der Waals surface area contributed by atoms with E-state index in [4.69, 9.17) is 19.2 Å². The highest BCUT2D eigenvalue weighted by Gasteiger charge is 2.11. The van der Waals surface area contributed by atoms with Gasteiger partial charge >= 0.3 is 0 Å². The van der Waals surface area contributed by atoms with E-state index >= 15 is 0 Å². The fourth-order valence-electron chi connectivity index (χ4n) is 3.01. The highest BCUT2D eigenvalue weighted by Crippen LogP contribution is 2.28. The number of aryl methyl sites for hydroxylation is 1. The summed E-state index contributed by atoms with van der Waals surface area (Å²) in [5.41, 5.74) is 3.48. The van der Waals surface area contributed by atoms with E-state index in [0.29, 0.717) is 6.61 Å². The van der Waals surface area contributed by atoms with E-state index in [0.717, 1.165) is 47.6 Å². The minimum Gasteiger partial charge on any atom is -0.493 e. The number of hydrogen-bond donors (Lipinski definition) is 0. The van der Waals surface area contributed by atoms with Crippen molar-refractivity contribution in [1.29, 1.82) is 0 Å². The first-order valence-electron chi connectivity index (χ1n) is 9.67. The zero-order valence-electron chi connectivity index (χ0n) is 17.5. The highest BCUT2D eigenvalue weighted by molar-refractivity contribution is 7.09. The molecular weight excluding hydrogens is 384 g/mol. The largest absolute Gasteiger partial charge is 0.493 e. The summed E-state index contributed by atoms with van der Waals surface area (Å²) in [7, 11) is 3.31. The van der Waals surface area contributed by atoms with E-state index in [1.807, 2.05) is 24.3 Å². The van der Waals surface area contributed by atoms with Crippen molar-refractivity contribution in [2.24, 2.45) is 0 Å². The average Bonchev–Trinajstić information content (AvgIpc) is 3.20. The molecule has 0 saturated carbocycles. The summed E-state index contributed by atoms with van der Waals surface area (Å²) in [5, 5.41) is 3.10. The molecule has 1 aromatic heterocycles. The van der Waals surface area contributed by atoms with Crippen LogP contribution in [-0.2, 0) is 19.7 Å². The van der Waals surface area contributed by atoms with Crippen molar-refractivity contribution in [2.75, 3.05) is 20.8 Å². The van der Waals surface area contributed by atoms with E-state index in [9.17, 15) is 0 Å². The second-order valence-corrected chi connectivity index (χ2v) is 7.77. The Balaban J connectivity index is 1.57. The van der Waals surface area contributed by atoms with Crippen LogP contribution in [-0.4, -0.2) is 30.6 Å². The van der Waals surface area contributed by atoms with Gasteiger partial charge in [0.1, 0.15) is 17.4 Å². The molecule has 29 heavy (non-hydrogen) atoms. The average molecular weight is 413 g/mol. The molecule has 0 amide bonds. The van der Waals surface area contributed by atoms with Crippen LogP contribution < -0.4 is 14.2 Å². The second-order valence-electron chi connectivity index (χ2n) is 6.83. The molecule has 0 atom stereocenters. The first kappa shape index (κ1) is 21.1. The monoisotopic (exact) mass is 412 g/mol. The predicted molar refractivity (Wildman–Crippen MR) is 117 cm³/mol. The molecule has 0 aliphatic carbocycles. The summed E-state index contributed by atoms with van der Waals surface area (Å²) in [6, 6.07) is 14.1. The Labute approximate surface area is 176 Å². The number of hydrogen-bond acceptors (Lipinski definition) is 6. The van der Waals surface area contributed by atoms with Gasteiger partial charge in [-0.25, -0.2) is 4.98 Å². The van der Waals surface area contributed by atoms with Crippen LogP contribution in [0.25, 0.3) is 0 Å². The summed E-state index contributed by atoms with van der Waals surface area (Å²) >= 11 is 1.64. The molecule has 2 aromatic carbocycles. The van der Waals surface area contributed by atoms with Gasteiger partial charge in [-0.05, 0) is 43.3 Å². The molecule has 0 radical (unpaired) electrons. The van der Waals surface area contributed by atoms with E-state index in [2.05, 4.69) is 42.3 Å². The minimum absolute atomic E-state index is 0.496. The predicted octanol–water partition coefficient (Wildman–Crippen LogP) is 5.07. The Hall–Kier alpha value is -2.57. The van der Waals surface area contributed by atoms with E-state index in [1.54, 1.807) is 25.6 Å². The van der Waals surface area contributed by atoms with Gasteiger partial charge in [-0.3, -0.25) is 4.90 Å². The van der Waals surface area contributed by atoms with Crippen LogP contribution in [0, 0.1) is 6.92 Å². The van der Waals surface area contributed by atoms with Crippen LogP contribution in [0.15, 0.2) is 47.8 Å². The third-order valence-corrected chi connectivity index (χ3v) is 5.54. The number of methoxy groups -OCH3 is 2. The fraction of sp³-hybridized carbons (Fsp3) is 0.348. The fourth-order valence-corrected chi connectivity index (χ4v) is 3.71. The lowest BCUT2D eigenvalue weighted by Crippen LogP contribution is -2.22.